The fraction of sp³-hybridized carbons (Fsp3) is 0.381. The van der Waals surface area contributed by atoms with Gasteiger partial charge in [0.05, 0.1) is 13.0 Å². The van der Waals surface area contributed by atoms with Crippen molar-refractivity contribution < 1.29 is 33.9 Å². The van der Waals surface area contributed by atoms with Crippen molar-refractivity contribution >= 4 is 29.4 Å². The van der Waals surface area contributed by atoms with Crippen LogP contribution in [0.15, 0.2) is 35.6 Å². The van der Waals surface area contributed by atoms with Gasteiger partial charge < -0.3 is 20.0 Å². The molecule has 1 aliphatic rings. The first-order valence-electron chi connectivity index (χ1n) is 9.78. The van der Waals surface area contributed by atoms with Gasteiger partial charge >= 0.3 is 5.97 Å². The van der Waals surface area contributed by atoms with Crippen LogP contribution in [0.1, 0.15) is 45.4 Å². The maximum absolute atomic E-state index is 12.1. The molecule has 31 heavy (non-hydrogen) atoms. The second-order valence-electron chi connectivity index (χ2n) is 6.66. The van der Waals surface area contributed by atoms with E-state index in [9.17, 15) is 24.3 Å². The summed E-state index contributed by atoms with van der Waals surface area (Å²) in [6.45, 7) is 2.01. The summed E-state index contributed by atoms with van der Waals surface area (Å²) in [4.78, 5) is 51.4. The van der Waals surface area contributed by atoms with Crippen LogP contribution in [-0.2, 0) is 24.0 Å². The van der Waals surface area contributed by atoms with Gasteiger partial charge in [0.15, 0.2) is 5.57 Å². The standard InChI is InChI=1S/C21H23N3O7/c1-2-4-17(25)16(13-22)21(29)23-14-6-8-15(9-7-14)30-12-3-5-20(28)31-24-18(26)10-11-19(24)27/h6-9,25H,2-5,10-12H2,1H3,(H,23,29)/b17-16-. The van der Waals surface area contributed by atoms with Gasteiger partial charge in [0.2, 0.25) is 0 Å². The van der Waals surface area contributed by atoms with E-state index in [-0.39, 0.29) is 43.6 Å². The molecule has 0 saturated carbocycles. The average Bonchev–Trinajstić information content (AvgIpc) is 3.05. The number of ether oxygens (including phenoxy) is 1. The quantitative estimate of drug-likeness (QED) is 0.190. The number of amides is 3. The molecule has 2 rings (SSSR count). The number of hydrogen-bond donors (Lipinski definition) is 2. The number of carbonyl (C=O) groups is 4. The van der Waals surface area contributed by atoms with Crippen LogP contribution in [0.4, 0.5) is 5.69 Å². The molecule has 1 aliphatic heterocycles. The normalized spacial score (nSPS) is 14.0. The Labute approximate surface area is 179 Å². The van der Waals surface area contributed by atoms with Crippen molar-refractivity contribution in [1.29, 1.82) is 5.26 Å². The zero-order valence-corrected chi connectivity index (χ0v) is 17.1. The molecule has 1 aromatic rings. The van der Waals surface area contributed by atoms with E-state index in [0.29, 0.717) is 29.3 Å². The van der Waals surface area contributed by atoms with Gasteiger partial charge in [-0.2, -0.15) is 5.26 Å². The van der Waals surface area contributed by atoms with Gasteiger partial charge in [-0.3, -0.25) is 14.4 Å². The van der Waals surface area contributed by atoms with Crippen molar-refractivity contribution in [3.8, 4) is 11.8 Å². The summed E-state index contributed by atoms with van der Waals surface area (Å²) in [7, 11) is 0. The maximum Gasteiger partial charge on any atom is 0.333 e. The number of allylic oxidation sites excluding steroid dienone is 1. The first-order chi connectivity index (χ1) is 14.8. The zero-order valence-electron chi connectivity index (χ0n) is 17.1. The Morgan fingerprint density at radius 1 is 1.16 bits per heavy atom. The number of nitrogens with zero attached hydrogens (tertiary/aromatic N) is 2. The number of nitriles is 1. The number of aliphatic hydroxyl groups excluding tert-OH is 1. The van der Waals surface area contributed by atoms with Crippen LogP contribution in [0.3, 0.4) is 0 Å². The minimum absolute atomic E-state index is 0.0320. The molecule has 10 heteroatoms. The highest BCUT2D eigenvalue weighted by Crippen LogP contribution is 2.18. The minimum atomic E-state index is -0.699. The highest BCUT2D eigenvalue weighted by atomic mass is 16.7. The summed E-state index contributed by atoms with van der Waals surface area (Å²) < 4.78 is 5.50. The van der Waals surface area contributed by atoms with Crippen molar-refractivity contribution in [3.63, 3.8) is 0 Å². The van der Waals surface area contributed by atoms with E-state index in [2.05, 4.69) is 5.32 Å². The molecule has 1 fully saturated rings. The third-order valence-electron chi connectivity index (χ3n) is 4.22. The third-order valence-corrected chi connectivity index (χ3v) is 4.22. The van der Waals surface area contributed by atoms with Gasteiger partial charge in [0.25, 0.3) is 17.7 Å². The van der Waals surface area contributed by atoms with Crippen molar-refractivity contribution in [2.45, 2.75) is 45.4 Å². The van der Waals surface area contributed by atoms with Crippen LogP contribution in [0.2, 0.25) is 0 Å². The van der Waals surface area contributed by atoms with E-state index in [0.717, 1.165) is 0 Å². The number of rotatable bonds is 10. The molecule has 3 amide bonds. The molecule has 0 aliphatic carbocycles. The number of hydroxylamine groups is 2. The predicted octanol–water partition coefficient (Wildman–Crippen LogP) is 2.53. The molecule has 2 N–H and O–H groups in total. The Kier molecular flexibility index (Phi) is 8.57. The lowest BCUT2D eigenvalue weighted by atomic mass is 10.1. The van der Waals surface area contributed by atoms with Crippen LogP contribution in [-0.4, -0.2) is 40.5 Å². The van der Waals surface area contributed by atoms with E-state index in [1.165, 1.54) is 0 Å². The Morgan fingerprint density at radius 3 is 2.39 bits per heavy atom. The second kappa shape index (κ2) is 11.3. The average molecular weight is 429 g/mol. The Bertz CT molecular complexity index is 900. The number of anilines is 1. The number of nitrogens with one attached hydrogen (secondary N) is 1. The second-order valence-corrected chi connectivity index (χ2v) is 6.66. The monoisotopic (exact) mass is 429 g/mol. The van der Waals surface area contributed by atoms with Crippen LogP contribution in [0, 0.1) is 11.3 Å². The van der Waals surface area contributed by atoms with Crippen LogP contribution < -0.4 is 10.1 Å². The summed E-state index contributed by atoms with van der Waals surface area (Å²) in [5.41, 5.74) is 0.0873. The van der Waals surface area contributed by atoms with E-state index in [1.54, 1.807) is 30.3 Å². The first kappa shape index (κ1) is 23.4. The number of imide groups is 1. The Balaban J connectivity index is 1.76. The minimum Gasteiger partial charge on any atom is -0.511 e. The number of carbonyl (C=O) groups excluding carboxylic acids is 4. The number of aliphatic hydroxyl groups is 1. The summed E-state index contributed by atoms with van der Waals surface area (Å²) in [5.74, 6) is -2.21. The highest BCUT2D eigenvalue weighted by molar-refractivity contribution is 6.06. The van der Waals surface area contributed by atoms with Crippen LogP contribution >= 0.6 is 0 Å². The molecule has 10 nitrogen and oxygen atoms in total. The molecule has 0 aromatic heterocycles. The van der Waals surface area contributed by atoms with Crippen LogP contribution in [0.5, 0.6) is 5.75 Å². The lowest BCUT2D eigenvalue weighted by Gasteiger charge is -2.12. The maximum atomic E-state index is 12.1. The predicted molar refractivity (Wildman–Crippen MR) is 107 cm³/mol. The Hall–Kier alpha value is -3.87. The molecule has 0 bridgehead atoms. The fourth-order valence-corrected chi connectivity index (χ4v) is 2.65. The fourth-order valence-electron chi connectivity index (χ4n) is 2.65. The lowest BCUT2D eigenvalue weighted by molar-refractivity contribution is -0.197. The highest BCUT2D eigenvalue weighted by Gasteiger charge is 2.32. The van der Waals surface area contributed by atoms with Crippen LogP contribution in [0.25, 0.3) is 0 Å². The van der Waals surface area contributed by atoms with Gasteiger partial charge in [0.1, 0.15) is 17.6 Å². The van der Waals surface area contributed by atoms with E-state index >= 15 is 0 Å². The summed E-state index contributed by atoms with van der Waals surface area (Å²) in [6.07, 6.45) is 1.19. The van der Waals surface area contributed by atoms with Gasteiger partial charge in [-0.15, -0.1) is 5.06 Å². The van der Waals surface area contributed by atoms with Crippen molar-refractivity contribution in [2.75, 3.05) is 11.9 Å². The van der Waals surface area contributed by atoms with Gasteiger partial charge in [-0.25, -0.2) is 4.79 Å². The third kappa shape index (κ3) is 6.85. The van der Waals surface area contributed by atoms with Crippen molar-refractivity contribution in [2.24, 2.45) is 0 Å². The molecular formula is C21H23N3O7. The molecule has 164 valence electrons. The molecule has 1 saturated heterocycles. The zero-order chi connectivity index (χ0) is 22.8. The van der Waals surface area contributed by atoms with E-state index in [4.69, 9.17) is 14.8 Å². The molecule has 0 unspecified atom stereocenters. The topological polar surface area (TPSA) is 146 Å². The lowest BCUT2D eigenvalue weighted by Crippen LogP contribution is -2.32. The number of benzene rings is 1. The molecule has 1 aromatic carbocycles. The summed E-state index contributed by atoms with van der Waals surface area (Å²) >= 11 is 0. The van der Waals surface area contributed by atoms with Gasteiger partial charge in [0, 0.05) is 24.9 Å². The molecule has 0 atom stereocenters. The molecule has 0 spiro atoms. The number of hydrogen-bond acceptors (Lipinski definition) is 8. The largest absolute Gasteiger partial charge is 0.511 e. The molecular weight excluding hydrogens is 406 g/mol. The molecule has 0 radical (unpaired) electrons. The smallest absolute Gasteiger partial charge is 0.333 e. The van der Waals surface area contributed by atoms with Gasteiger partial charge in [-0.1, -0.05) is 6.92 Å². The van der Waals surface area contributed by atoms with E-state index < -0.39 is 23.7 Å². The Morgan fingerprint density at radius 2 is 1.81 bits per heavy atom. The molecule has 1 heterocycles. The SMILES string of the molecule is CCC/C(O)=C(\C#N)C(=O)Nc1ccc(OCCCC(=O)ON2C(=O)CCC2=O)cc1. The van der Waals surface area contributed by atoms with Gasteiger partial charge in [-0.05, 0) is 37.1 Å². The van der Waals surface area contributed by atoms with E-state index in [1.807, 2.05) is 6.92 Å². The summed E-state index contributed by atoms with van der Waals surface area (Å²) in [6, 6.07) is 8.03. The van der Waals surface area contributed by atoms with Crippen molar-refractivity contribution in [1.82, 2.24) is 5.06 Å². The van der Waals surface area contributed by atoms with Crippen molar-refractivity contribution in [3.05, 3.63) is 35.6 Å². The first-order valence-corrected chi connectivity index (χ1v) is 9.78. The summed E-state index contributed by atoms with van der Waals surface area (Å²) in [5, 5.41) is 21.9.